The number of ether oxygens (including phenoxy) is 1. The Morgan fingerprint density at radius 1 is 0.516 bits per heavy atom. The summed E-state index contributed by atoms with van der Waals surface area (Å²) < 4.78 is 8.82. The van der Waals surface area contributed by atoms with E-state index in [1.165, 1.54) is 22.3 Å². The van der Waals surface area contributed by atoms with E-state index >= 15 is 0 Å². The molecule has 3 heterocycles. The van der Waals surface area contributed by atoms with Crippen molar-refractivity contribution in [1.29, 1.82) is 0 Å². The molecule has 0 bridgehead atoms. The van der Waals surface area contributed by atoms with E-state index in [0.717, 1.165) is 61.5 Å². The molecule has 1 aliphatic rings. The van der Waals surface area contributed by atoms with E-state index in [2.05, 4.69) is 220 Å². The Balaban J connectivity index is 0.00000490. The van der Waals surface area contributed by atoms with E-state index in [0.29, 0.717) is 11.5 Å². The number of benzene rings is 7. The van der Waals surface area contributed by atoms with E-state index < -0.39 is 0 Å². The van der Waals surface area contributed by atoms with Gasteiger partial charge >= 0.3 is 0 Å². The Morgan fingerprint density at radius 3 is 1.92 bits per heavy atom. The summed E-state index contributed by atoms with van der Waals surface area (Å²) in [6.45, 7) is 15.7. The zero-order valence-corrected chi connectivity index (χ0v) is 37.3. The molecule has 2 aromatic heterocycles. The summed E-state index contributed by atoms with van der Waals surface area (Å²) in [4.78, 5) is 9.36. The zero-order valence-electron chi connectivity index (χ0n) is 35.8. The minimum Gasteiger partial charge on any atom is -0.509 e. The second kappa shape index (κ2) is 16.1. The molecule has 0 saturated heterocycles. The molecule has 5 nitrogen and oxygen atoms in total. The number of pyridine rings is 1. The topological polar surface area (TPSA) is 33.5 Å². The summed E-state index contributed by atoms with van der Waals surface area (Å²) in [5.74, 6) is 2.06. The maximum atomic E-state index is 6.62. The van der Waals surface area contributed by atoms with Crippen molar-refractivity contribution < 1.29 is 25.2 Å². The SMILES string of the molecule is CC(C)(C)c1ccnc(-n2c3[c-]c(Oc4[c-]c(N5[CH-]N(c6cc(C(C)(C)C)ccc6-c6ccc(-c7ccccc7)cc6)c6ccccc65)ccc4)ccc3c3ccccc32)c1.[Pd]. The molecular weight excluding hydrogens is 851 g/mol. The van der Waals surface area contributed by atoms with Gasteiger partial charge in [-0.2, -0.15) is 12.1 Å². The van der Waals surface area contributed by atoms with Crippen LogP contribution >= 0.6 is 0 Å². The fraction of sp³-hybridized carbons (Fsp3) is 0.143. The third-order valence-corrected chi connectivity index (χ3v) is 11.7. The van der Waals surface area contributed by atoms with Gasteiger partial charge in [-0.25, -0.2) is 4.98 Å². The van der Waals surface area contributed by atoms with Gasteiger partial charge in [-0.1, -0.05) is 144 Å². The molecule has 0 unspecified atom stereocenters. The number of para-hydroxylation sites is 3. The number of hydrogen-bond acceptors (Lipinski definition) is 4. The van der Waals surface area contributed by atoms with Crippen LogP contribution in [0.2, 0.25) is 0 Å². The molecule has 0 aliphatic carbocycles. The first-order valence-electron chi connectivity index (χ1n) is 21.0. The largest absolute Gasteiger partial charge is 0.509 e. The van der Waals surface area contributed by atoms with Crippen LogP contribution in [0.1, 0.15) is 52.7 Å². The Labute approximate surface area is 378 Å². The van der Waals surface area contributed by atoms with Gasteiger partial charge in [0.05, 0.1) is 0 Å². The average Bonchev–Trinajstić information content (AvgIpc) is 3.82. The molecule has 10 rings (SSSR count). The molecular formula is C56H47N4OPd-3. The predicted octanol–water partition coefficient (Wildman–Crippen LogP) is 14.9. The average molecular weight is 898 g/mol. The van der Waals surface area contributed by atoms with E-state index in [-0.39, 0.29) is 31.3 Å². The number of aromatic nitrogens is 2. The van der Waals surface area contributed by atoms with Gasteiger partial charge in [0.25, 0.3) is 0 Å². The standard InChI is InChI=1S/C56H47N4O.Pd/c1-55(2,3)41-27-29-46(40-25-23-39(24-26-40)38-15-8-7-9-16-38)52(33-41)59-37-58(50-21-12-13-22-51(50)59)43-17-14-18-44(35-43)61-45-28-30-48-47-19-10-11-20-49(47)60(53(48)36-45)54-34-42(31-32-57-54)56(4,5)6;/h7-34,37H,1-6H3;/q-3;. The van der Waals surface area contributed by atoms with E-state index in [1.54, 1.807) is 0 Å². The fourth-order valence-corrected chi connectivity index (χ4v) is 8.34. The molecule has 9 aromatic rings. The maximum Gasteiger partial charge on any atom is 0.135 e. The van der Waals surface area contributed by atoms with E-state index in [1.807, 2.05) is 24.4 Å². The monoisotopic (exact) mass is 897 g/mol. The van der Waals surface area contributed by atoms with E-state index in [4.69, 9.17) is 9.72 Å². The smallest absolute Gasteiger partial charge is 0.135 e. The molecule has 62 heavy (non-hydrogen) atoms. The molecule has 6 heteroatoms. The van der Waals surface area contributed by atoms with Crippen LogP contribution in [0.3, 0.4) is 0 Å². The molecule has 310 valence electrons. The number of fused-ring (bicyclic) bond motifs is 4. The van der Waals surface area contributed by atoms with Gasteiger partial charge in [0, 0.05) is 66.3 Å². The van der Waals surface area contributed by atoms with Crippen LogP contribution in [0.4, 0.5) is 22.7 Å². The van der Waals surface area contributed by atoms with Crippen molar-refractivity contribution in [3.63, 3.8) is 0 Å². The van der Waals surface area contributed by atoms with Gasteiger partial charge in [-0.05, 0) is 80.4 Å². The van der Waals surface area contributed by atoms with Crippen LogP contribution in [-0.4, -0.2) is 9.55 Å². The van der Waals surface area contributed by atoms with Gasteiger partial charge in [0.1, 0.15) is 5.82 Å². The maximum absolute atomic E-state index is 6.62. The summed E-state index contributed by atoms with van der Waals surface area (Å²) in [5.41, 5.74) is 13.3. The van der Waals surface area contributed by atoms with Crippen molar-refractivity contribution >= 4 is 44.6 Å². The molecule has 1 aliphatic heterocycles. The fourth-order valence-electron chi connectivity index (χ4n) is 8.34. The quantitative estimate of drug-likeness (QED) is 0.118. The normalized spacial score (nSPS) is 12.7. The third kappa shape index (κ3) is 7.59. The van der Waals surface area contributed by atoms with Gasteiger partial charge in [-0.15, -0.1) is 48.1 Å². The van der Waals surface area contributed by atoms with Crippen LogP contribution in [0.15, 0.2) is 170 Å². The molecule has 0 spiro atoms. The van der Waals surface area contributed by atoms with Gasteiger partial charge < -0.3 is 19.1 Å². The molecule has 0 radical (unpaired) electrons. The van der Waals surface area contributed by atoms with Crippen LogP contribution in [0.25, 0.3) is 49.9 Å². The first kappa shape index (κ1) is 40.9. The van der Waals surface area contributed by atoms with Crippen molar-refractivity contribution in [2.75, 3.05) is 9.80 Å². The Bertz CT molecular complexity index is 3070. The van der Waals surface area contributed by atoms with Gasteiger partial charge in [-0.3, -0.25) is 0 Å². The van der Waals surface area contributed by atoms with Crippen LogP contribution in [0, 0.1) is 18.8 Å². The first-order valence-corrected chi connectivity index (χ1v) is 21.0. The first-order chi connectivity index (χ1) is 29.5. The molecule has 0 N–H and O–H groups in total. The number of anilines is 4. The molecule has 0 fully saturated rings. The third-order valence-electron chi connectivity index (χ3n) is 11.7. The van der Waals surface area contributed by atoms with Crippen molar-refractivity contribution in [3.8, 4) is 39.6 Å². The van der Waals surface area contributed by atoms with E-state index in [9.17, 15) is 0 Å². The number of nitrogens with zero attached hydrogens (tertiary/aromatic N) is 4. The molecule has 0 amide bonds. The molecule has 7 aromatic carbocycles. The van der Waals surface area contributed by atoms with Crippen molar-refractivity contribution in [2.45, 2.75) is 52.4 Å². The Hall–Kier alpha value is -6.45. The second-order valence-electron chi connectivity index (χ2n) is 17.9. The summed E-state index contributed by atoms with van der Waals surface area (Å²) in [5, 5.41) is 2.24. The van der Waals surface area contributed by atoms with Gasteiger partial charge in [0.15, 0.2) is 0 Å². The Morgan fingerprint density at radius 2 is 1.16 bits per heavy atom. The minimum atomic E-state index is -0.0375. The van der Waals surface area contributed by atoms with Crippen molar-refractivity contribution in [2.24, 2.45) is 0 Å². The summed E-state index contributed by atoms with van der Waals surface area (Å²) in [7, 11) is 0. The summed E-state index contributed by atoms with van der Waals surface area (Å²) in [6.07, 6.45) is 1.90. The van der Waals surface area contributed by atoms with Crippen LogP contribution < -0.4 is 14.5 Å². The van der Waals surface area contributed by atoms with Gasteiger partial charge in [0.2, 0.25) is 0 Å². The summed E-state index contributed by atoms with van der Waals surface area (Å²) >= 11 is 0. The van der Waals surface area contributed by atoms with Crippen LogP contribution in [-0.2, 0) is 31.3 Å². The van der Waals surface area contributed by atoms with Crippen molar-refractivity contribution in [3.05, 3.63) is 200 Å². The molecule has 0 atom stereocenters. The van der Waals surface area contributed by atoms with Crippen molar-refractivity contribution in [1.82, 2.24) is 9.55 Å². The Kier molecular flexibility index (Phi) is 10.6. The van der Waals surface area contributed by atoms with Crippen LogP contribution in [0.5, 0.6) is 11.5 Å². The molecule has 0 saturated carbocycles. The number of hydrogen-bond donors (Lipinski definition) is 0. The predicted molar refractivity (Wildman–Crippen MR) is 252 cm³/mol. The second-order valence-corrected chi connectivity index (χ2v) is 17.9. The summed E-state index contributed by atoms with van der Waals surface area (Å²) in [6, 6.07) is 65.0. The minimum absolute atomic E-state index is 0. The number of rotatable bonds is 7. The zero-order chi connectivity index (χ0) is 41.9.